The van der Waals surface area contributed by atoms with Crippen LogP contribution < -0.4 is 11.1 Å². The maximum Gasteiger partial charge on any atom is 0.362 e. The van der Waals surface area contributed by atoms with Gasteiger partial charge in [-0.1, -0.05) is 5.16 Å². The van der Waals surface area contributed by atoms with Gasteiger partial charge in [0, 0.05) is 5.38 Å². The third kappa shape index (κ3) is 5.86. The van der Waals surface area contributed by atoms with E-state index in [-0.39, 0.29) is 21.6 Å². The van der Waals surface area contributed by atoms with Crippen LogP contribution in [0.4, 0.5) is 5.13 Å². The predicted octanol–water partition coefficient (Wildman–Crippen LogP) is -1.97. The topological polar surface area (TPSA) is 293 Å². The Labute approximate surface area is 248 Å². The second kappa shape index (κ2) is 11.0. The molecule has 3 aliphatic rings. The lowest BCUT2D eigenvalue weighted by Gasteiger charge is -2.42. The first-order valence-electron chi connectivity index (χ1n) is 12.1. The van der Waals surface area contributed by atoms with Crippen LogP contribution in [-0.2, 0) is 49.0 Å². The van der Waals surface area contributed by atoms with E-state index in [1.165, 1.54) is 40.0 Å². The zero-order valence-electron chi connectivity index (χ0n) is 23.1. The van der Waals surface area contributed by atoms with Crippen LogP contribution >= 0.6 is 11.3 Å². The number of sulfone groups is 1. The highest BCUT2D eigenvalue weighted by Gasteiger charge is 2.67. The van der Waals surface area contributed by atoms with Crippen molar-refractivity contribution in [3.63, 3.8) is 0 Å². The Kier molecular flexibility index (Phi) is 8.59. The Morgan fingerprint density at radius 1 is 1.26 bits per heavy atom. The molecule has 4 rings (SSSR count). The number of rotatable bonds is 8. The van der Waals surface area contributed by atoms with Gasteiger partial charge in [0.2, 0.25) is 11.5 Å². The monoisotopic (exact) mass is 668 g/mol. The second-order valence-electron chi connectivity index (χ2n) is 10.6. The number of nitrogens with zero attached hydrogens (tertiary/aromatic N) is 4. The molecule has 19 nitrogen and oxygen atoms in total. The fourth-order valence-electron chi connectivity index (χ4n) is 4.34. The number of nitrogens with two attached hydrogens (primary N) is 1. The zero-order chi connectivity index (χ0) is 33.0. The third-order valence-corrected chi connectivity index (χ3v) is 11.4. The molecule has 22 heteroatoms. The van der Waals surface area contributed by atoms with Crippen molar-refractivity contribution in [1.29, 1.82) is 0 Å². The number of aliphatic carboxylic acids is 2. The summed E-state index contributed by atoms with van der Waals surface area (Å²) in [7, 11) is -8.32. The predicted molar refractivity (Wildman–Crippen MR) is 145 cm³/mol. The summed E-state index contributed by atoms with van der Waals surface area (Å²) in [6.45, 7) is 6.40. The Morgan fingerprint density at radius 3 is 2.23 bits per heavy atom. The van der Waals surface area contributed by atoms with Crippen LogP contribution in [-0.4, -0.2) is 115 Å². The molecular weight excluding hydrogens is 640 g/mol. The molecule has 238 valence electrons. The van der Waals surface area contributed by atoms with E-state index in [2.05, 4.69) is 15.5 Å². The van der Waals surface area contributed by atoms with Gasteiger partial charge in [-0.2, -0.15) is 8.42 Å². The number of hydrogen-bond acceptors (Lipinski definition) is 14. The minimum atomic E-state index is -4.76. The maximum atomic E-state index is 12.6. The molecule has 0 bridgehead atoms. The molecule has 0 aliphatic carbocycles. The van der Waals surface area contributed by atoms with Gasteiger partial charge >= 0.3 is 22.2 Å². The molecule has 3 aliphatic heterocycles. The lowest BCUT2D eigenvalue weighted by molar-refractivity contribution is -0.161. The minimum Gasteiger partial charge on any atom is -0.480 e. The maximum absolute atomic E-state index is 12.6. The van der Waals surface area contributed by atoms with Gasteiger partial charge in [0.05, 0.1) is 17.2 Å². The number of hydrogen-bond donors (Lipinski definition) is 5. The number of oxime groups is 1. The van der Waals surface area contributed by atoms with Crippen molar-refractivity contribution in [2.45, 2.75) is 74.9 Å². The molecule has 4 heterocycles. The number of nitrogen functional groups attached to an aromatic ring is 1. The summed E-state index contributed by atoms with van der Waals surface area (Å²) in [5.74, 6) is -5.04. The average molecular weight is 669 g/mol. The van der Waals surface area contributed by atoms with E-state index in [1.807, 2.05) is 0 Å². The molecular formula is C21H28N6O13S3. The summed E-state index contributed by atoms with van der Waals surface area (Å²) in [6, 6.07) is -3.57. The summed E-state index contributed by atoms with van der Waals surface area (Å²) in [6.07, 6.45) is -0.0878. The van der Waals surface area contributed by atoms with Crippen LogP contribution in [0.3, 0.4) is 0 Å². The minimum absolute atomic E-state index is 0.0350. The quantitative estimate of drug-likeness (QED) is 0.0869. The van der Waals surface area contributed by atoms with E-state index >= 15 is 0 Å². The lowest BCUT2D eigenvalue weighted by Crippen LogP contribution is -2.71. The van der Waals surface area contributed by atoms with Crippen molar-refractivity contribution < 1.29 is 60.4 Å². The number of amides is 3. The van der Waals surface area contributed by atoms with Crippen LogP contribution in [0.25, 0.3) is 0 Å². The first-order chi connectivity index (χ1) is 19.5. The number of carbonyl (C=O) groups is 5. The SMILES string of the molecule is CC1(C)[C@H](C(=O)O)N2C(=O)C[C@H]2S1(=O)=O.C[C@H]1[C@H](NC(=O)/C(=N\OC(C)(C)C(=O)O)c2csc(N)n2)C(=O)N1S(=O)(=O)O. The van der Waals surface area contributed by atoms with Gasteiger partial charge in [0.1, 0.15) is 23.2 Å². The molecule has 43 heavy (non-hydrogen) atoms. The number of carbonyl (C=O) groups excluding carboxylic acids is 3. The van der Waals surface area contributed by atoms with E-state index in [0.29, 0.717) is 0 Å². The van der Waals surface area contributed by atoms with Gasteiger partial charge in [0.15, 0.2) is 20.7 Å². The van der Waals surface area contributed by atoms with Crippen molar-refractivity contribution in [3.8, 4) is 0 Å². The highest BCUT2D eigenvalue weighted by molar-refractivity contribution is 7.93. The van der Waals surface area contributed by atoms with Gasteiger partial charge in [0.25, 0.3) is 11.8 Å². The molecule has 4 atom stereocenters. The molecule has 1 aromatic heterocycles. The fraction of sp³-hybridized carbons (Fsp3) is 0.571. The molecule has 6 N–H and O–H groups in total. The molecule has 0 unspecified atom stereocenters. The first kappa shape index (κ1) is 33.6. The van der Waals surface area contributed by atoms with E-state index in [1.54, 1.807) is 0 Å². The summed E-state index contributed by atoms with van der Waals surface area (Å²) in [4.78, 5) is 67.5. The number of anilines is 1. The number of thiazole rings is 1. The summed E-state index contributed by atoms with van der Waals surface area (Å²) in [5, 5.41) is 24.4. The number of β-lactam (4-membered cyclic amide) rings is 2. The molecule has 3 fully saturated rings. The number of fused-ring (bicyclic) bond motifs is 1. The summed E-state index contributed by atoms with van der Waals surface area (Å²) in [5.41, 5.74) is 3.26. The highest BCUT2D eigenvalue weighted by atomic mass is 32.2. The fourth-order valence-corrected chi connectivity index (χ4v) is 7.90. The van der Waals surface area contributed by atoms with Gasteiger partial charge < -0.3 is 31.0 Å². The highest BCUT2D eigenvalue weighted by Crippen LogP contribution is 2.45. The van der Waals surface area contributed by atoms with Crippen molar-refractivity contribution in [1.82, 2.24) is 19.5 Å². The molecule has 3 amide bonds. The van der Waals surface area contributed by atoms with Crippen molar-refractivity contribution >= 4 is 72.0 Å². The molecule has 0 saturated carbocycles. The van der Waals surface area contributed by atoms with Gasteiger partial charge in [-0.25, -0.2) is 27.3 Å². The molecule has 3 saturated heterocycles. The summed E-state index contributed by atoms with van der Waals surface area (Å²) >= 11 is 0.980. The van der Waals surface area contributed by atoms with Gasteiger partial charge in [-0.05, 0) is 34.6 Å². The standard InChI is InChI=1S/C13H17N5O8S2.C8H11NO5S/c1-5-7(10(20)18(5)28(23,24)25)16-9(19)8(6-4-27-12(14)15-6)17-26-13(2,3)11(21)22;1-8(2)6(7(11)12)9-4(10)3-5(9)15(8,13)14/h4-5,7H,1-3H3,(H2,14,15)(H,16,19)(H,21,22)(H,23,24,25);5-6H,3H2,1-2H3,(H,11,12)/b17-8-;/t5-,7-;5-,6+/m01/s1. The number of carboxylic acid groups (broad SMARTS) is 2. The Hall–Kier alpha value is -3.89. The largest absolute Gasteiger partial charge is 0.480 e. The van der Waals surface area contributed by atoms with Crippen molar-refractivity contribution in [3.05, 3.63) is 11.1 Å². The summed E-state index contributed by atoms with van der Waals surface area (Å²) < 4.78 is 53.8. The second-order valence-corrected chi connectivity index (χ2v) is 15.4. The van der Waals surface area contributed by atoms with Crippen molar-refractivity contribution in [2.24, 2.45) is 5.16 Å². The van der Waals surface area contributed by atoms with Crippen LogP contribution in [0.5, 0.6) is 0 Å². The van der Waals surface area contributed by atoms with Crippen LogP contribution in [0.2, 0.25) is 0 Å². The number of nitrogens with one attached hydrogen (secondary N) is 1. The van der Waals surface area contributed by atoms with Gasteiger partial charge in [-0.15, -0.1) is 11.3 Å². The average Bonchev–Trinajstić information content (AvgIpc) is 3.33. The van der Waals surface area contributed by atoms with Crippen LogP contribution in [0.1, 0.15) is 46.7 Å². The van der Waals surface area contributed by atoms with E-state index in [0.717, 1.165) is 16.2 Å². The Morgan fingerprint density at radius 2 is 1.84 bits per heavy atom. The lowest BCUT2D eigenvalue weighted by atomic mass is 9.98. The zero-order valence-corrected chi connectivity index (χ0v) is 25.6. The molecule has 0 spiro atoms. The Bertz CT molecular complexity index is 1630. The molecule has 0 aromatic carbocycles. The van der Waals surface area contributed by atoms with Gasteiger partial charge in [-0.3, -0.25) is 18.9 Å². The number of aromatic nitrogens is 1. The Balaban J connectivity index is 0.000000282. The van der Waals surface area contributed by atoms with Crippen LogP contribution in [0.15, 0.2) is 10.5 Å². The normalized spacial score (nSPS) is 25.9. The van der Waals surface area contributed by atoms with Crippen molar-refractivity contribution in [2.75, 3.05) is 5.73 Å². The van der Waals surface area contributed by atoms with E-state index in [9.17, 15) is 40.8 Å². The third-order valence-electron chi connectivity index (χ3n) is 6.94. The first-order valence-corrected chi connectivity index (χ1v) is 15.9. The van der Waals surface area contributed by atoms with E-state index in [4.69, 9.17) is 25.3 Å². The smallest absolute Gasteiger partial charge is 0.362 e. The number of carboxylic acids is 2. The molecule has 0 radical (unpaired) electrons. The van der Waals surface area contributed by atoms with Crippen LogP contribution in [0, 0.1) is 0 Å². The van der Waals surface area contributed by atoms with E-state index < -0.39 is 89.4 Å². The molecule has 1 aromatic rings.